The fourth-order valence-electron chi connectivity index (χ4n) is 3.70. The van der Waals surface area contributed by atoms with Gasteiger partial charge in [-0.1, -0.05) is 30.3 Å². The average molecular weight is 288 g/mol. The minimum Gasteiger partial charge on any atom is -0.295 e. The van der Waals surface area contributed by atoms with Crippen molar-refractivity contribution in [2.75, 3.05) is 19.6 Å². The zero-order valence-electron chi connectivity index (χ0n) is 14.9. The molecule has 1 unspecified atom stereocenters. The highest BCUT2D eigenvalue weighted by Gasteiger charge is 2.45. The Morgan fingerprint density at radius 1 is 0.857 bits per heavy atom. The molecule has 2 heteroatoms. The Hall–Kier alpha value is -0.860. The van der Waals surface area contributed by atoms with Gasteiger partial charge in [-0.2, -0.15) is 0 Å². The van der Waals surface area contributed by atoms with Crippen LogP contribution in [0.15, 0.2) is 30.3 Å². The van der Waals surface area contributed by atoms with E-state index < -0.39 is 0 Å². The van der Waals surface area contributed by atoms with Crippen molar-refractivity contribution >= 4 is 0 Å². The first-order chi connectivity index (χ1) is 9.55. The first-order valence-electron chi connectivity index (χ1n) is 8.13. The number of hydrogen-bond acceptors (Lipinski definition) is 2. The van der Waals surface area contributed by atoms with Crippen LogP contribution in [0.2, 0.25) is 0 Å². The zero-order valence-corrected chi connectivity index (χ0v) is 14.9. The second-order valence-electron chi connectivity index (χ2n) is 8.55. The SMILES string of the molecule is CC(C)(C)N1CCN(C(C)(C)C)C(C)(c2ccccc2)C1. The maximum absolute atomic E-state index is 2.68. The molecular weight excluding hydrogens is 256 g/mol. The van der Waals surface area contributed by atoms with Crippen LogP contribution in [0.5, 0.6) is 0 Å². The van der Waals surface area contributed by atoms with Crippen LogP contribution in [0, 0.1) is 0 Å². The van der Waals surface area contributed by atoms with Gasteiger partial charge in [0, 0.05) is 30.7 Å². The van der Waals surface area contributed by atoms with Gasteiger partial charge in [-0.3, -0.25) is 9.80 Å². The third-order valence-corrected chi connectivity index (χ3v) is 4.84. The Morgan fingerprint density at radius 2 is 1.43 bits per heavy atom. The molecule has 0 radical (unpaired) electrons. The summed E-state index contributed by atoms with van der Waals surface area (Å²) >= 11 is 0. The maximum Gasteiger partial charge on any atom is 0.0565 e. The van der Waals surface area contributed by atoms with Crippen molar-refractivity contribution in [2.24, 2.45) is 0 Å². The molecule has 1 heterocycles. The molecule has 1 aromatic rings. The fourth-order valence-corrected chi connectivity index (χ4v) is 3.70. The first-order valence-corrected chi connectivity index (χ1v) is 8.13. The van der Waals surface area contributed by atoms with Crippen LogP contribution >= 0.6 is 0 Å². The molecule has 2 rings (SSSR count). The Morgan fingerprint density at radius 3 is 1.90 bits per heavy atom. The summed E-state index contributed by atoms with van der Waals surface area (Å²) in [5, 5.41) is 0. The lowest BCUT2D eigenvalue weighted by molar-refractivity contribution is -0.0761. The summed E-state index contributed by atoms with van der Waals surface area (Å²) in [6, 6.07) is 11.0. The quantitative estimate of drug-likeness (QED) is 0.767. The first kappa shape index (κ1) is 16.5. The van der Waals surface area contributed by atoms with E-state index in [0.29, 0.717) is 0 Å². The van der Waals surface area contributed by atoms with Gasteiger partial charge in [-0.15, -0.1) is 0 Å². The molecule has 1 atom stereocenters. The van der Waals surface area contributed by atoms with Gasteiger partial charge in [-0.05, 0) is 54.0 Å². The largest absolute Gasteiger partial charge is 0.295 e. The van der Waals surface area contributed by atoms with E-state index in [2.05, 4.69) is 88.6 Å². The summed E-state index contributed by atoms with van der Waals surface area (Å²) in [5.74, 6) is 0. The Labute approximate surface area is 131 Å². The van der Waals surface area contributed by atoms with Crippen LogP contribution in [0.4, 0.5) is 0 Å². The van der Waals surface area contributed by atoms with Gasteiger partial charge in [0.15, 0.2) is 0 Å². The number of piperazine rings is 1. The van der Waals surface area contributed by atoms with Gasteiger partial charge in [0.05, 0.1) is 5.54 Å². The highest BCUT2D eigenvalue weighted by atomic mass is 15.4. The zero-order chi connectivity index (χ0) is 15.9. The van der Waals surface area contributed by atoms with Gasteiger partial charge >= 0.3 is 0 Å². The monoisotopic (exact) mass is 288 g/mol. The van der Waals surface area contributed by atoms with Gasteiger partial charge in [0.25, 0.3) is 0 Å². The normalized spacial score (nSPS) is 26.0. The molecule has 0 bridgehead atoms. The smallest absolute Gasteiger partial charge is 0.0565 e. The van der Waals surface area contributed by atoms with Crippen molar-refractivity contribution in [3.05, 3.63) is 35.9 Å². The molecule has 1 saturated heterocycles. The molecule has 118 valence electrons. The molecule has 1 aliphatic heterocycles. The van der Waals surface area contributed by atoms with Crippen LogP contribution in [0.1, 0.15) is 54.0 Å². The molecule has 21 heavy (non-hydrogen) atoms. The van der Waals surface area contributed by atoms with E-state index in [0.717, 1.165) is 19.6 Å². The lowest BCUT2D eigenvalue weighted by Gasteiger charge is -2.57. The van der Waals surface area contributed by atoms with Gasteiger partial charge < -0.3 is 0 Å². The molecule has 0 aliphatic carbocycles. The molecule has 1 fully saturated rings. The van der Waals surface area contributed by atoms with Crippen LogP contribution in [-0.4, -0.2) is 40.5 Å². The van der Waals surface area contributed by atoms with Crippen molar-refractivity contribution < 1.29 is 0 Å². The van der Waals surface area contributed by atoms with E-state index in [-0.39, 0.29) is 16.6 Å². The molecule has 0 N–H and O–H groups in total. The van der Waals surface area contributed by atoms with E-state index in [4.69, 9.17) is 0 Å². The summed E-state index contributed by atoms with van der Waals surface area (Å²) in [5.41, 5.74) is 1.88. The van der Waals surface area contributed by atoms with Crippen LogP contribution in [0.3, 0.4) is 0 Å². The van der Waals surface area contributed by atoms with Crippen molar-refractivity contribution in [2.45, 2.75) is 65.1 Å². The second kappa shape index (κ2) is 5.40. The predicted octanol–water partition coefficient (Wildman–Crippen LogP) is 4.12. The molecule has 1 aromatic carbocycles. The minimum atomic E-state index is 0.0606. The lowest BCUT2D eigenvalue weighted by atomic mass is 9.82. The molecule has 0 spiro atoms. The molecule has 2 nitrogen and oxygen atoms in total. The summed E-state index contributed by atoms with van der Waals surface area (Å²) in [6.45, 7) is 19.7. The Balaban J connectivity index is 2.43. The van der Waals surface area contributed by atoms with Gasteiger partial charge in [0.2, 0.25) is 0 Å². The van der Waals surface area contributed by atoms with E-state index in [9.17, 15) is 0 Å². The topological polar surface area (TPSA) is 6.48 Å². The molecule has 0 amide bonds. The van der Waals surface area contributed by atoms with E-state index in [1.165, 1.54) is 5.56 Å². The highest BCUT2D eigenvalue weighted by Crippen LogP contribution is 2.38. The average Bonchev–Trinajstić information content (AvgIpc) is 2.37. The molecule has 0 aromatic heterocycles. The van der Waals surface area contributed by atoms with E-state index in [1.54, 1.807) is 0 Å². The second-order valence-corrected chi connectivity index (χ2v) is 8.55. The van der Waals surface area contributed by atoms with Crippen molar-refractivity contribution in [1.82, 2.24) is 9.80 Å². The number of rotatable bonds is 1. The van der Waals surface area contributed by atoms with Crippen molar-refractivity contribution in [3.8, 4) is 0 Å². The third-order valence-electron chi connectivity index (χ3n) is 4.84. The van der Waals surface area contributed by atoms with Crippen molar-refractivity contribution in [3.63, 3.8) is 0 Å². The number of benzene rings is 1. The van der Waals surface area contributed by atoms with Crippen LogP contribution < -0.4 is 0 Å². The Kier molecular flexibility index (Phi) is 4.25. The molecule has 0 saturated carbocycles. The number of nitrogens with zero attached hydrogens (tertiary/aromatic N) is 2. The summed E-state index contributed by atoms with van der Waals surface area (Å²) < 4.78 is 0. The third kappa shape index (κ3) is 3.32. The maximum atomic E-state index is 2.68. The molecular formula is C19H32N2. The van der Waals surface area contributed by atoms with Crippen LogP contribution in [-0.2, 0) is 5.54 Å². The summed E-state index contributed by atoms with van der Waals surface area (Å²) in [4.78, 5) is 5.31. The predicted molar refractivity (Wildman–Crippen MR) is 91.6 cm³/mol. The van der Waals surface area contributed by atoms with Gasteiger partial charge in [0.1, 0.15) is 0 Å². The standard InChI is InChI=1S/C19H32N2/c1-17(2,3)20-13-14-21(18(4,5)6)19(7,15-20)16-11-9-8-10-12-16/h8-12H,13-15H2,1-7H3. The van der Waals surface area contributed by atoms with Crippen molar-refractivity contribution in [1.29, 1.82) is 0 Å². The van der Waals surface area contributed by atoms with E-state index >= 15 is 0 Å². The Bertz CT molecular complexity index is 467. The highest BCUT2D eigenvalue weighted by molar-refractivity contribution is 5.26. The lowest BCUT2D eigenvalue weighted by Crippen LogP contribution is -2.66. The number of hydrogen-bond donors (Lipinski definition) is 0. The minimum absolute atomic E-state index is 0.0606. The fraction of sp³-hybridized carbons (Fsp3) is 0.684. The summed E-state index contributed by atoms with van der Waals surface area (Å²) in [7, 11) is 0. The van der Waals surface area contributed by atoms with Crippen LogP contribution in [0.25, 0.3) is 0 Å². The van der Waals surface area contributed by atoms with E-state index in [1.807, 2.05) is 0 Å². The molecule has 1 aliphatic rings. The van der Waals surface area contributed by atoms with Gasteiger partial charge in [-0.25, -0.2) is 0 Å². The summed E-state index contributed by atoms with van der Waals surface area (Å²) in [6.07, 6.45) is 0.